The van der Waals surface area contributed by atoms with E-state index in [0.717, 1.165) is 0 Å². The Bertz CT molecular complexity index is 573. The van der Waals surface area contributed by atoms with Gasteiger partial charge in [0.2, 0.25) is 0 Å². The molecule has 0 aliphatic rings. The average molecular weight is 277 g/mol. The first-order chi connectivity index (χ1) is 9.62. The second kappa shape index (κ2) is 6.33. The van der Waals surface area contributed by atoms with Crippen molar-refractivity contribution < 1.29 is 9.13 Å². The quantitative estimate of drug-likeness (QED) is 0.894. The molecule has 0 bridgehead atoms. The average Bonchev–Trinajstić information content (AvgIpc) is 2.46. The predicted molar refractivity (Wildman–Crippen MR) is 71.5 cm³/mol. The minimum atomic E-state index is -0.695. The van der Waals surface area contributed by atoms with Gasteiger partial charge in [-0.05, 0) is 19.9 Å². The van der Waals surface area contributed by atoms with Crippen LogP contribution in [0.15, 0.2) is 18.5 Å². The van der Waals surface area contributed by atoms with Crippen LogP contribution < -0.4 is 10.5 Å². The molecule has 6 nitrogen and oxygen atoms in total. The topological polar surface area (TPSA) is 86.8 Å². The summed E-state index contributed by atoms with van der Waals surface area (Å²) in [6, 6.07) is 1.99. The van der Waals surface area contributed by atoms with Crippen LogP contribution in [0.4, 0.5) is 4.39 Å². The second-order valence-electron chi connectivity index (χ2n) is 4.42. The third kappa shape index (κ3) is 3.45. The van der Waals surface area contributed by atoms with Crippen LogP contribution in [0.5, 0.6) is 6.01 Å². The third-order valence-corrected chi connectivity index (χ3v) is 2.43. The van der Waals surface area contributed by atoms with Gasteiger partial charge in [-0.2, -0.15) is 9.97 Å². The van der Waals surface area contributed by atoms with Gasteiger partial charge < -0.3 is 10.5 Å². The van der Waals surface area contributed by atoms with Crippen LogP contribution in [0.25, 0.3) is 11.3 Å². The zero-order valence-corrected chi connectivity index (χ0v) is 11.4. The number of alkyl halides is 1. The molecule has 0 aliphatic heterocycles. The zero-order valence-electron chi connectivity index (χ0n) is 11.4. The summed E-state index contributed by atoms with van der Waals surface area (Å²) in [4.78, 5) is 16.3. The number of nitrogens with two attached hydrogens (primary N) is 1. The Balaban J connectivity index is 2.38. The molecule has 0 radical (unpaired) electrons. The minimum Gasteiger partial charge on any atom is -0.461 e. The van der Waals surface area contributed by atoms with E-state index in [9.17, 15) is 4.39 Å². The van der Waals surface area contributed by atoms with Crippen molar-refractivity contribution in [1.29, 1.82) is 0 Å². The van der Waals surface area contributed by atoms with Gasteiger partial charge in [0.1, 0.15) is 6.67 Å². The lowest BCUT2D eigenvalue weighted by atomic mass is 10.2. The Kier molecular flexibility index (Phi) is 4.52. The van der Waals surface area contributed by atoms with E-state index >= 15 is 0 Å². The summed E-state index contributed by atoms with van der Waals surface area (Å²) in [5.41, 5.74) is 7.53. The highest BCUT2D eigenvalue weighted by Gasteiger charge is 2.09. The Labute approximate surface area is 116 Å². The first-order valence-electron chi connectivity index (χ1n) is 6.24. The van der Waals surface area contributed by atoms with Crippen molar-refractivity contribution in [2.45, 2.75) is 33.2 Å². The molecule has 2 rings (SSSR count). The summed E-state index contributed by atoms with van der Waals surface area (Å²) in [6.45, 7) is 3.35. The maximum atomic E-state index is 12.4. The maximum absolute atomic E-state index is 12.4. The highest BCUT2D eigenvalue weighted by molar-refractivity contribution is 5.57. The number of hydrogen-bond acceptors (Lipinski definition) is 6. The second-order valence-corrected chi connectivity index (χ2v) is 4.42. The van der Waals surface area contributed by atoms with Crippen molar-refractivity contribution in [3.8, 4) is 17.3 Å². The molecular formula is C13H16FN5O. The largest absolute Gasteiger partial charge is 0.461 e. The van der Waals surface area contributed by atoms with Gasteiger partial charge in [-0.3, -0.25) is 0 Å². The predicted octanol–water partition coefficient (Wildman–Crippen LogP) is 1.65. The fraction of sp³-hybridized carbons (Fsp3) is 0.385. The van der Waals surface area contributed by atoms with Crippen LogP contribution in [-0.2, 0) is 13.2 Å². The highest BCUT2D eigenvalue weighted by Crippen LogP contribution is 2.19. The molecule has 106 valence electrons. The molecule has 20 heavy (non-hydrogen) atoms. The summed E-state index contributed by atoms with van der Waals surface area (Å²) in [7, 11) is 0. The Morgan fingerprint density at radius 1 is 1.25 bits per heavy atom. The highest BCUT2D eigenvalue weighted by atomic mass is 19.1. The number of halogens is 1. The standard InChI is InChI=1S/C13H16FN5O/c1-8(2)20-13-18-10(5-15)3-11(19-13)9-6-16-12(4-14)17-7-9/h3,6-8H,4-5,15H2,1-2H3. The van der Waals surface area contributed by atoms with E-state index in [-0.39, 0.29) is 24.5 Å². The molecule has 2 aromatic rings. The van der Waals surface area contributed by atoms with E-state index in [1.54, 1.807) is 6.07 Å². The van der Waals surface area contributed by atoms with Gasteiger partial charge >= 0.3 is 6.01 Å². The normalized spacial score (nSPS) is 10.8. The molecular weight excluding hydrogens is 261 g/mol. The summed E-state index contributed by atoms with van der Waals surface area (Å²) < 4.78 is 17.9. The van der Waals surface area contributed by atoms with Crippen molar-refractivity contribution in [3.05, 3.63) is 30.0 Å². The zero-order chi connectivity index (χ0) is 14.5. The fourth-order valence-electron chi connectivity index (χ4n) is 1.55. The first kappa shape index (κ1) is 14.3. The van der Waals surface area contributed by atoms with Crippen LogP contribution in [-0.4, -0.2) is 26.0 Å². The van der Waals surface area contributed by atoms with Gasteiger partial charge in [0.05, 0.1) is 17.5 Å². The molecule has 0 fully saturated rings. The number of ether oxygens (including phenoxy) is 1. The van der Waals surface area contributed by atoms with E-state index in [0.29, 0.717) is 17.0 Å². The number of aromatic nitrogens is 4. The molecule has 0 saturated carbocycles. The summed E-state index contributed by atoms with van der Waals surface area (Å²) >= 11 is 0. The lowest BCUT2D eigenvalue weighted by Gasteiger charge is -2.10. The van der Waals surface area contributed by atoms with Crippen LogP contribution in [0.3, 0.4) is 0 Å². The van der Waals surface area contributed by atoms with Gasteiger partial charge in [0, 0.05) is 24.5 Å². The number of rotatable bonds is 5. The van der Waals surface area contributed by atoms with Crippen molar-refractivity contribution in [1.82, 2.24) is 19.9 Å². The molecule has 7 heteroatoms. The van der Waals surface area contributed by atoms with Crippen molar-refractivity contribution in [2.75, 3.05) is 0 Å². The van der Waals surface area contributed by atoms with Gasteiger partial charge in [-0.25, -0.2) is 14.4 Å². The van der Waals surface area contributed by atoms with E-state index in [1.807, 2.05) is 13.8 Å². The third-order valence-electron chi connectivity index (χ3n) is 2.43. The van der Waals surface area contributed by atoms with Gasteiger partial charge in [0.25, 0.3) is 0 Å². The molecule has 0 atom stereocenters. The Hall–Kier alpha value is -2.15. The van der Waals surface area contributed by atoms with Crippen LogP contribution >= 0.6 is 0 Å². The van der Waals surface area contributed by atoms with E-state index in [1.165, 1.54) is 12.4 Å². The summed E-state index contributed by atoms with van der Waals surface area (Å²) in [5.74, 6) is 0.139. The SMILES string of the molecule is CC(C)Oc1nc(CN)cc(-c2cnc(CF)nc2)n1. The maximum Gasteiger partial charge on any atom is 0.317 e. The van der Waals surface area contributed by atoms with E-state index < -0.39 is 6.67 Å². The molecule has 0 spiro atoms. The summed E-state index contributed by atoms with van der Waals surface area (Å²) in [6.07, 6.45) is 2.99. The lowest BCUT2D eigenvalue weighted by molar-refractivity contribution is 0.221. The smallest absolute Gasteiger partial charge is 0.317 e. The first-order valence-corrected chi connectivity index (χ1v) is 6.24. The van der Waals surface area contributed by atoms with E-state index in [4.69, 9.17) is 10.5 Å². The Morgan fingerprint density at radius 3 is 2.50 bits per heavy atom. The molecule has 0 amide bonds. The van der Waals surface area contributed by atoms with Gasteiger partial charge in [-0.15, -0.1) is 0 Å². The molecule has 0 unspecified atom stereocenters. The molecule has 0 aromatic carbocycles. The lowest BCUT2D eigenvalue weighted by Crippen LogP contribution is -2.11. The molecule has 2 aromatic heterocycles. The van der Waals surface area contributed by atoms with Crippen molar-refractivity contribution in [2.24, 2.45) is 5.73 Å². The fourth-order valence-corrected chi connectivity index (χ4v) is 1.55. The van der Waals surface area contributed by atoms with Crippen LogP contribution in [0.1, 0.15) is 25.4 Å². The van der Waals surface area contributed by atoms with Crippen LogP contribution in [0.2, 0.25) is 0 Å². The molecule has 2 N–H and O–H groups in total. The number of nitrogens with zero attached hydrogens (tertiary/aromatic N) is 4. The number of hydrogen-bond donors (Lipinski definition) is 1. The molecule has 2 heterocycles. The summed E-state index contributed by atoms with van der Waals surface area (Å²) in [5, 5.41) is 0. The monoisotopic (exact) mass is 277 g/mol. The van der Waals surface area contributed by atoms with Crippen molar-refractivity contribution >= 4 is 0 Å². The van der Waals surface area contributed by atoms with E-state index in [2.05, 4.69) is 19.9 Å². The van der Waals surface area contributed by atoms with Crippen molar-refractivity contribution in [3.63, 3.8) is 0 Å². The Morgan fingerprint density at radius 2 is 1.95 bits per heavy atom. The molecule has 0 aliphatic carbocycles. The van der Waals surface area contributed by atoms with Gasteiger partial charge in [0.15, 0.2) is 5.82 Å². The minimum absolute atomic E-state index is 0.0407. The van der Waals surface area contributed by atoms with Gasteiger partial charge in [-0.1, -0.05) is 0 Å². The van der Waals surface area contributed by atoms with Crippen LogP contribution in [0, 0.1) is 0 Å². The molecule has 0 saturated heterocycles.